The molecule has 0 aliphatic heterocycles. The minimum absolute atomic E-state index is 0.0682. The predicted octanol–water partition coefficient (Wildman–Crippen LogP) is 2.79. The van der Waals surface area contributed by atoms with Gasteiger partial charge in [-0.25, -0.2) is 8.42 Å². The third-order valence-corrected chi connectivity index (χ3v) is 6.45. The van der Waals surface area contributed by atoms with Crippen molar-refractivity contribution >= 4 is 38.2 Å². The van der Waals surface area contributed by atoms with E-state index in [-0.39, 0.29) is 6.04 Å². The molecule has 0 bridgehead atoms. The zero-order chi connectivity index (χ0) is 15.6. The third kappa shape index (κ3) is 3.02. The van der Waals surface area contributed by atoms with Gasteiger partial charge in [0.1, 0.15) is 0 Å². The lowest BCUT2D eigenvalue weighted by Gasteiger charge is -2.24. The normalized spacial score (nSPS) is 13.7. The van der Waals surface area contributed by atoms with Crippen molar-refractivity contribution in [3.05, 3.63) is 36.4 Å². The van der Waals surface area contributed by atoms with Crippen molar-refractivity contribution in [1.29, 1.82) is 0 Å². The Morgan fingerprint density at radius 3 is 2.43 bits per heavy atom. The summed E-state index contributed by atoms with van der Waals surface area (Å²) >= 11 is 1.63. The number of sulfonamides is 1. The van der Waals surface area contributed by atoms with E-state index in [0.29, 0.717) is 16.0 Å². The SMILES string of the molecule is CSCC(C)N(C)S(=O)(=O)c1ccc(N)c2ccccc12. The minimum Gasteiger partial charge on any atom is -0.398 e. The predicted molar refractivity (Wildman–Crippen MR) is 91.2 cm³/mol. The zero-order valence-electron chi connectivity index (χ0n) is 12.4. The average Bonchev–Trinajstić information content (AvgIpc) is 2.47. The molecule has 2 aromatic rings. The second-order valence-corrected chi connectivity index (χ2v) is 7.90. The van der Waals surface area contributed by atoms with Crippen LogP contribution in [0.25, 0.3) is 10.8 Å². The molecule has 4 nitrogen and oxygen atoms in total. The summed E-state index contributed by atoms with van der Waals surface area (Å²) in [6.45, 7) is 1.91. The van der Waals surface area contributed by atoms with Gasteiger partial charge in [-0.1, -0.05) is 24.3 Å². The molecule has 0 spiro atoms. The maximum Gasteiger partial charge on any atom is 0.243 e. The van der Waals surface area contributed by atoms with Gasteiger partial charge >= 0.3 is 0 Å². The van der Waals surface area contributed by atoms with Crippen LogP contribution >= 0.6 is 11.8 Å². The Hall–Kier alpha value is -1.24. The molecular weight excluding hydrogens is 304 g/mol. The van der Waals surface area contributed by atoms with E-state index in [1.54, 1.807) is 37.0 Å². The number of nitrogens with two attached hydrogens (primary N) is 1. The molecule has 1 unspecified atom stereocenters. The molecule has 0 aromatic heterocycles. The van der Waals surface area contributed by atoms with Crippen LogP contribution in [0, 0.1) is 0 Å². The van der Waals surface area contributed by atoms with Crippen molar-refractivity contribution < 1.29 is 8.42 Å². The lowest BCUT2D eigenvalue weighted by atomic mass is 10.1. The topological polar surface area (TPSA) is 63.4 Å². The molecule has 0 heterocycles. The summed E-state index contributed by atoms with van der Waals surface area (Å²) in [5.41, 5.74) is 6.53. The van der Waals surface area contributed by atoms with E-state index >= 15 is 0 Å². The summed E-state index contributed by atoms with van der Waals surface area (Å²) in [4.78, 5) is 0.308. The van der Waals surface area contributed by atoms with E-state index in [0.717, 1.165) is 11.1 Å². The van der Waals surface area contributed by atoms with Gasteiger partial charge in [-0.05, 0) is 25.3 Å². The van der Waals surface area contributed by atoms with Crippen molar-refractivity contribution in [2.45, 2.75) is 17.9 Å². The van der Waals surface area contributed by atoms with Crippen LogP contribution in [0.15, 0.2) is 41.3 Å². The molecule has 114 valence electrons. The van der Waals surface area contributed by atoms with Gasteiger partial charge in [-0.2, -0.15) is 16.1 Å². The van der Waals surface area contributed by atoms with E-state index in [1.165, 1.54) is 4.31 Å². The fourth-order valence-electron chi connectivity index (χ4n) is 2.26. The van der Waals surface area contributed by atoms with E-state index in [1.807, 2.05) is 31.4 Å². The van der Waals surface area contributed by atoms with Gasteiger partial charge in [0.2, 0.25) is 10.0 Å². The molecule has 2 N–H and O–H groups in total. The smallest absolute Gasteiger partial charge is 0.243 e. The molecule has 0 saturated carbocycles. The molecule has 0 amide bonds. The third-order valence-electron chi connectivity index (χ3n) is 3.60. The second kappa shape index (κ2) is 6.25. The largest absolute Gasteiger partial charge is 0.398 e. The van der Waals surface area contributed by atoms with E-state index in [2.05, 4.69) is 0 Å². The van der Waals surface area contributed by atoms with Gasteiger partial charge in [0.05, 0.1) is 4.90 Å². The van der Waals surface area contributed by atoms with Crippen LogP contribution in [0.3, 0.4) is 0 Å². The van der Waals surface area contributed by atoms with Gasteiger partial charge in [0, 0.05) is 35.3 Å². The Morgan fingerprint density at radius 1 is 1.19 bits per heavy atom. The molecule has 0 saturated heterocycles. The number of hydrogen-bond donors (Lipinski definition) is 1. The van der Waals surface area contributed by atoms with Crippen LogP contribution in [-0.4, -0.2) is 37.8 Å². The zero-order valence-corrected chi connectivity index (χ0v) is 14.0. The fraction of sp³-hybridized carbons (Fsp3) is 0.333. The number of benzene rings is 2. The number of anilines is 1. The maximum atomic E-state index is 12.8. The Kier molecular flexibility index (Phi) is 4.81. The van der Waals surface area contributed by atoms with Gasteiger partial charge in [-0.3, -0.25) is 0 Å². The lowest BCUT2D eigenvalue weighted by molar-refractivity contribution is 0.415. The van der Waals surface area contributed by atoms with Gasteiger partial charge < -0.3 is 5.73 Å². The molecule has 0 aliphatic carbocycles. The van der Waals surface area contributed by atoms with Crippen molar-refractivity contribution in [2.75, 3.05) is 24.8 Å². The summed E-state index contributed by atoms with van der Waals surface area (Å²) in [5.74, 6) is 0.753. The average molecular weight is 324 g/mol. The van der Waals surface area contributed by atoms with E-state index in [9.17, 15) is 8.42 Å². The monoisotopic (exact) mass is 324 g/mol. The Morgan fingerprint density at radius 2 is 1.81 bits per heavy atom. The number of rotatable bonds is 5. The minimum atomic E-state index is -3.54. The highest BCUT2D eigenvalue weighted by Crippen LogP contribution is 2.30. The highest BCUT2D eigenvalue weighted by Gasteiger charge is 2.27. The Labute approximate surface area is 130 Å². The number of nitrogen functional groups attached to an aromatic ring is 1. The second-order valence-electron chi connectivity index (χ2n) is 5.02. The Bertz CT molecular complexity index is 744. The van der Waals surface area contributed by atoms with Crippen molar-refractivity contribution in [2.24, 2.45) is 0 Å². The first-order valence-corrected chi connectivity index (χ1v) is 9.47. The van der Waals surface area contributed by atoms with Crippen LogP contribution in [0.5, 0.6) is 0 Å². The number of hydrogen-bond acceptors (Lipinski definition) is 4. The standard InChI is InChI=1S/C15H20N2O2S2/c1-11(10-20-3)17(2)21(18,19)15-9-8-14(16)12-6-4-5-7-13(12)15/h4-9,11H,10,16H2,1-3H3. The number of fused-ring (bicyclic) bond motifs is 1. The summed E-state index contributed by atoms with van der Waals surface area (Å²) in [6, 6.07) is 10.5. The first-order chi connectivity index (χ1) is 9.89. The fourth-order valence-corrected chi connectivity index (χ4v) is 4.61. The summed E-state index contributed by atoms with van der Waals surface area (Å²) in [5, 5.41) is 1.44. The molecule has 1 atom stereocenters. The quantitative estimate of drug-likeness (QED) is 0.859. The first kappa shape index (κ1) is 16.1. The van der Waals surface area contributed by atoms with Crippen LogP contribution < -0.4 is 5.73 Å². The van der Waals surface area contributed by atoms with Crippen LogP contribution in [0.4, 0.5) is 5.69 Å². The van der Waals surface area contributed by atoms with Crippen molar-refractivity contribution in [3.63, 3.8) is 0 Å². The molecule has 2 rings (SSSR count). The highest BCUT2D eigenvalue weighted by atomic mass is 32.2. The van der Waals surface area contributed by atoms with Crippen LogP contribution in [0.2, 0.25) is 0 Å². The molecule has 21 heavy (non-hydrogen) atoms. The van der Waals surface area contributed by atoms with Crippen LogP contribution in [0.1, 0.15) is 6.92 Å². The molecule has 0 aliphatic rings. The van der Waals surface area contributed by atoms with Gasteiger partial charge in [0.25, 0.3) is 0 Å². The van der Waals surface area contributed by atoms with Crippen molar-refractivity contribution in [3.8, 4) is 0 Å². The maximum absolute atomic E-state index is 12.8. The first-order valence-electron chi connectivity index (χ1n) is 6.63. The van der Waals surface area contributed by atoms with E-state index in [4.69, 9.17) is 5.73 Å². The summed E-state index contributed by atoms with van der Waals surface area (Å²) in [6.07, 6.45) is 1.97. The molecular formula is C15H20N2O2S2. The van der Waals surface area contributed by atoms with E-state index < -0.39 is 10.0 Å². The molecule has 6 heteroatoms. The number of nitrogens with zero attached hydrogens (tertiary/aromatic N) is 1. The Balaban J connectivity index is 2.58. The summed E-state index contributed by atoms with van der Waals surface area (Å²) in [7, 11) is -1.91. The number of thioether (sulfide) groups is 1. The molecule has 0 fully saturated rings. The van der Waals surface area contributed by atoms with Crippen LogP contribution in [-0.2, 0) is 10.0 Å². The van der Waals surface area contributed by atoms with Gasteiger partial charge in [-0.15, -0.1) is 0 Å². The highest BCUT2D eigenvalue weighted by molar-refractivity contribution is 7.98. The van der Waals surface area contributed by atoms with Gasteiger partial charge in [0.15, 0.2) is 0 Å². The van der Waals surface area contributed by atoms with Crippen molar-refractivity contribution in [1.82, 2.24) is 4.31 Å². The molecule has 0 radical (unpaired) electrons. The summed E-state index contributed by atoms with van der Waals surface area (Å²) < 4.78 is 27.1. The lowest BCUT2D eigenvalue weighted by Crippen LogP contribution is -2.36. The molecule has 2 aromatic carbocycles.